The third-order valence-corrected chi connectivity index (χ3v) is 7.76. The molecule has 0 radical (unpaired) electrons. The van der Waals surface area contributed by atoms with Gasteiger partial charge in [-0.1, -0.05) is 13.8 Å². The molecular formula is C20H27N3O3S. The zero-order valence-corrected chi connectivity index (χ0v) is 17.0. The van der Waals surface area contributed by atoms with Gasteiger partial charge in [0.1, 0.15) is 5.54 Å². The van der Waals surface area contributed by atoms with Crippen LogP contribution in [0.25, 0.3) is 0 Å². The first-order valence-corrected chi connectivity index (χ1v) is 10.9. The molecule has 1 saturated carbocycles. The molecule has 146 valence electrons. The maximum absolute atomic E-state index is 12.9. The van der Waals surface area contributed by atoms with Gasteiger partial charge in [0.25, 0.3) is 5.91 Å². The summed E-state index contributed by atoms with van der Waals surface area (Å²) in [4.78, 5) is 14.4. The highest BCUT2D eigenvalue weighted by molar-refractivity contribution is 7.89. The Morgan fingerprint density at radius 3 is 2.19 bits per heavy atom. The second-order valence-electron chi connectivity index (χ2n) is 8.15. The second kappa shape index (κ2) is 7.25. The van der Waals surface area contributed by atoms with Crippen molar-refractivity contribution in [2.45, 2.75) is 50.0 Å². The molecule has 1 aromatic carbocycles. The number of amides is 1. The minimum atomic E-state index is -3.56. The molecule has 2 unspecified atom stereocenters. The van der Waals surface area contributed by atoms with Crippen LogP contribution in [0.15, 0.2) is 29.2 Å². The molecule has 1 heterocycles. The molecular weight excluding hydrogens is 362 g/mol. The van der Waals surface area contributed by atoms with E-state index in [0.717, 1.165) is 12.8 Å². The fourth-order valence-corrected chi connectivity index (χ4v) is 5.82. The smallest absolute Gasteiger partial charge is 0.254 e. The second-order valence-corrected chi connectivity index (χ2v) is 10.1. The Bertz CT molecular complexity index is 843. The molecule has 2 aliphatic rings. The van der Waals surface area contributed by atoms with Gasteiger partial charge in [0.05, 0.1) is 11.0 Å². The minimum Gasteiger partial charge on any atom is -0.323 e. The Morgan fingerprint density at radius 1 is 1.19 bits per heavy atom. The first-order chi connectivity index (χ1) is 12.7. The summed E-state index contributed by atoms with van der Waals surface area (Å²) in [5, 5.41) is 9.41. The van der Waals surface area contributed by atoms with Gasteiger partial charge < -0.3 is 4.90 Å². The monoisotopic (exact) mass is 389 g/mol. The van der Waals surface area contributed by atoms with Crippen molar-refractivity contribution in [2.24, 2.45) is 11.8 Å². The van der Waals surface area contributed by atoms with Crippen molar-refractivity contribution in [1.29, 1.82) is 5.26 Å². The number of carbonyl (C=O) groups is 1. The average molecular weight is 390 g/mol. The Hall–Kier alpha value is -1.91. The van der Waals surface area contributed by atoms with E-state index in [-0.39, 0.29) is 10.8 Å². The lowest BCUT2D eigenvalue weighted by molar-refractivity contribution is 0.0497. The molecule has 1 amide bonds. The molecule has 0 bridgehead atoms. The van der Waals surface area contributed by atoms with Crippen LogP contribution >= 0.6 is 0 Å². The number of hydrogen-bond donors (Lipinski definition) is 0. The summed E-state index contributed by atoms with van der Waals surface area (Å²) in [7, 11) is -1.92. The number of nitrogens with zero attached hydrogens (tertiary/aromatic N) is 3. The van der Waals surface area contributed by atoms with Crippen molar-refractivity contribution in [3.05, 3.63) is 29.8 Å². The maximum Gasteiger partial charge on any atom is 0.254 e. The van der Waals surface area contributed by atoms with E-state index in [9.17, 15) is 18.5 Å². The lowest BCUT2D eigenvalue weighted by Gasteiger charge is -2.42. The number of benzene rings is 1. The van der Waals surface area contributed by atoms with Gasteiger partial charge in [0.2, 0.25) is 10.0 Å². The Kier molecular flexibility index (Phi) is 5.33. The van der Waals surface area contributed by atoms with Gasteiger partial charge in [-0.05, 0) is 61.8 Å². The number of carbonyl (C=O) groups excluding carboxylic acids is 1. The molecule has 1 aliphatic carbocycles. The van der Waals surface area contributed by atoms with Crippen molar-refractivity contribution >= 4 is 15.9 Å². The van der Waals surface area contributed by atoms with Crippen LogP contribution in [-0.2, 0) is 10.0 Å². The van der Waals surface area contributed by atoms with E-state index in [1.807, 2.05) is 0 Å². The standard InChI is InChI=1S/C20H27N3O3S/c1-15-11-16(2)13-23(12-15)27(25,26)18-7-5-17(6-8-18)19(24)22(3)20(14-21)9-4-10-20/h5-8,15-16H,4,9-13H2,1-3H3. The van der Waals surface area contributed by atoms with E-state index in [4.69, 9.17) is 0 Å². The van der Waals surface area contributed by atoms with Crippen LogP contribution in [0.1, 0.15) is 49.9 Å². The highest BCUT2D eigenvalue weighted by Gasteiger charge is 2.43. The Balaban J connectivity index is 1.79. The highest BCUT2D eigenvalue weighted by atomic mass is 32.2. The van der Waals surface area contributed by atoms with Crippen molar-refractivity contribution in [3.63, 3.8) is 0 Å². The summed E-state index contributed by atoms with van der Waals surface area (Å²) < 4.78 is 27.4. The van der Waals surface area contributed by atoms with E-state index >= 15 is 0 Å². The molecule has 1 aliphatic heterocycles. The SMILES string of the molecule is CC1CC(C)CN(S(=O)(=O)c2ccc(C(=O)N(C)C3(C#N)CCC3)cc2)C1. The largest absolute Gasteiger partial charge is 0.323 e. The first-order valence-electron chi connectivity index (χ1n) is 9.49. The van der Waals surface area contributed by atoms with Gasteiger partial charge in [-0.15, -0.1) is 0 Å². The molecule has 0 N–H and O–H groups in total. The molecule has 1 aromatic rings. The van der Waals surface area contributed by atoms with Crippen LogP contribution in [0.5, 0.6) is 0 Å². The lowest BCUT2D eigenvalue weighted by atomic mass is 9.76. The fraction of sp³-hybridized carbons (Fsp3) is 0.600. The van der Waals surface area contributed by atoms with Gasteiger partial charge in [-0.25, -0.2) is 8.42 Å². The predicted molar refractivity (Wildman–Crippen MR) is 102 cm³/mol. The summed E-state index contributed by atoms with van der Waals surface area (Å²) in [6, 6.07) is 8.35. The van der Waals surface area contributed by atoms with Gasteiger partial charge in [-0.2, -0.15) is 9.57 Å². The molecule has 0 aromatic heterocycles. The average Bonchev–Trinajstić information content (AvgIpc) is 2.60. The normalized spacial score (nSPS) is 25.3. The topological polar surface area (TPSA) is 81.5 Å². The zero-order valence-electron chi connectivity index (χ0n) is 16.2. The number of hydrogen-bond acceptors (Lipinski definition) is 4. The van der Waals surface area contributed by atoms with Crippen molar-refractivity contribution in [1.82, 2.24) is 9.21 Å². The number of nitriles is 1. The lowest BCUT2D eigenvalue weighted by Crippen LogP contribution is -2.53. The van der Waals surface area contributed by atoms with Crippen LogP contribution in [-0.4, -0.2) is 49.2 Å². The minimum absolute atomic E-state index is 0.210. The predicted octanol–water partition coefficient (Wildman–Crippen LogP) is 2.87. The van der Waals surface area contributed by atoms with Crippen LogP contribution < -0.4 is 0 Å². The van der Waals surface area contributed by atoms with Gasteiger partial charge in [0.15, 0.2) is 0 Å². The van der Waals surface area contributed by atoms with Crippen LogP contribution in [0.2, 0.25) is 0 Å². The summed E-state index contributed by atoms with van der Waals surface area (Å²) >= 11 is 0. The maximum atomic E-state index is 12.9. The third-order valence-electron chi connectivity index (χ3n) is 5.91. The third kappa shape index (κ3) is 3.61. The van der Waals surface area contributed by atoms with Crippen molar-refractivity contribution < 1.29 is 13.2 Å². The molecule has 2 atom stereocenters. The van der Waals surface area contributed by atoms with Crippen LogP contribution in [0, 0.1) is 23.2 Å². The summed E-state index contributed by atoms with van der Waals surface area (Å²) in [6.45, 7) is 5.20. The van der Waals surface area contributed by atoms with Crippen molar-refractivity contribution in [3.8, 4) is 6.07 Å². The molecule has 7 heteroatoms. The number of sulfonamides is 1. The molecule has 1 saturated heterocycles. The van der Waals surface area contributed by atoms with E-state index in [2.05, 4.69) is 19.9 Å². The molecule has 2 fully saturated rings. The quantitative estimate of drug-likeness (QED) is 0.793. The Morgan fingerprint density at radius 2 is 1.74 bits per heavy atom. The fourth-order valence-electron chi connectivity index (χ4n) is 4.14. The van der Waals surface area contributed by atoms with E-state index in [1.54, 1.807) is 23.5 Å². The van der Waals surface area contributed by atoms with E-state index in [1.165, 1.54) is 17.0 Å². The van der Waals surface area contributed by atoms with Gasteiger partial charge in [0, 0.05) is 25.7 Å². The zero-order chi connectivity index (χ0) is 19.8. The Labute approximate surface area is 161 Å². The molecule has 0 spiro atoms. The number of rotatable bonds is 4. The van der Waals surface area contributed by atoms with Crippen molar-refractivity contribution in [2.75, 3.05) is 20.1 Å². The highest BCUT2D eigenvalue weighted by Crippen LogP contribution is 2.37. The van der Waals surface area contributed by atoms with Gasteiger partial charge >= 0.3 is 0 Å². The summed E-state index contributed by atoms with van der Waals surface area (Å²) in [5.74, 6) is 0.422. The van der Waals surface area contributed by atoms with Crippen LogP contribution in [0.4, 0.5) is 0 Å². The first kappa shape index (κ1) is 19.8. The summed E-state index contributed by atoms with van der Waals surface area (Å²) in [6.07, 6.45) is 3.34. The van der Waals surface area contributed by atoms with E-state index in [0.29, 0.717) is 43.3 Å². The number of piperidine rings is 1. The van der Waals surface area contributed by atoms with Gasteiger partial charge in [-0.3, -0.25) is 4.79 Å². The molecule has 3 rings (SSSR count). The molecule has 6 nitrogen and oxygen atoms in total. The summed E-state index contributed by atoms with van der Waals surface area (Å²) in [5.41, 5.74) is -0.319. The van der Waals surface area contributed by atoms with Crippen LogP contribution in [0.3, 0.4) is 0 Å². The molecule has 27 heavy (non-hydrogen) atoms. The van der Waals surface area contributed by atoms with E-state index < -0.39 is 15.6 Å².